The van der Waals surface area contributed by atoms with Crippen LogP contribution in [0.15, 0.2) is 146 Å². The van der Waals surface area contributed by atoms with Crippen molar-refractivity contribution in [2.75, 3.05) is 0 Å². The summed E-state index contributed by atoms with van der Waals surface area (Å²) in [6.45, 7) is 9.44. The molecule has 10 rings (SSSR count). The van der Waals surface area contributed by atoms with Crippen molar-refractivity contribution in [3.8, 4) is 11.1 Å². The fraction of sp³-hybridized carbons (Fsp3) is 0.156. The summed E-state index contributed by atoms with van der Waals surface area (Å²) in [7, 11) is 0. The molecule has 6 aromatic carbocycles. The van der Waals surface area contributed by atoms with Gasteiger partial charge in [-0.1, -0.05) is 131 Å². The smallest absolute Gasteiger partial charge is 0.169 e. The van der Waals surface area contributed by atoms with Gasteiger partial charge in [0.05, 0.1) is 0 Å². The number of nitrogens with zero attached hydrogens (tertiary/aromatic N) is 2. The molecule has 1 aliphatic carbocycles. The number of amidine groups is 2. The molecule has 0 saturated heterocycles. The van der Waals surface area contributed by atoms with Crippen LogP contribution in [0.4, 0.5) is 0 Å². The van der Waals surface area contributed by atoms with Gasteiger partial charge >= 0.3 is 0 Å². The van der Waals surface area contributed by atoms with E-state index in [0.29, 0.717) is 0 Å². The van der Waals surface area contributed by atoms with Crippen LogP contribution in [0.2, 0.25) is 0 Å². The normalized spacial score (nSPS) is 17.7. The van der Waals surface area contributed by atoms with Crippen LogP contribution in [0, 0.1) is 0 Å². The number of rotatable bonds is 3. The first kappa shape index (κ1) is 29.0. The fourth-order valence-electron chi connectivity index (χ4n) is 8.21. The van der Waals surface area contributed by atoms with E-state index in [1.165, 1.54) is 27.6 Å². The van der Waals surface area contributed by atoms with Crippen LogP contribution < -0.4 is 5.32 Å². The highest BCUT2D eigenvalue weighted by atomic mass is 16.3. The van der Waals surface area contributed by atoms with E-state index in [9.17, 15) is 0 Å². The number of hydrogen-bond donors (Lipinski definition) is 1. The van der Waals surface area contributed by atoms with Crippen LogP contribution in [-0.4, -0.2) is 11.7 Å². The molecule has 1 N–H and O–H groups in total. The van der Waals surface area contributed by atoms with Crippen molar-refractivity contribution < 1.29 is 8.83 Å². The fourth-order valence-corrected chi connectivity index (χ4v) is 8.21. The Morgan fingerprint density at radius 1 is 0.540 bits per heavy atom. The molecule has 3 heterocycles. The van der Waals surface area contributed by atoms with Crippen LogP contribution in [0.1, 0.15) is 61.7 Å². The second-order valence-electron chi connectivity index (χ2n) is 14.6. The number of hydrogen-bond acceptors (Lipinski definition) is 5. The Hall–Kier alpha value is -5.94. The quantitative estimate of drug-likeness (QED) is 0.207. The molecule has 8 aromatic rings. The molecule has 1 atom stereocenters. The number of furan rings is 2. The molecule has 0 spiro atoms. The maximum Gasteiger partial charge on any atom is 0.169 e. The Morgan fingerprint density at radius 3 is 2.04 bits per heavy atom. The molecule has 1 aliphatic heterocycles. The van der Waals surface area contributed by atoms with Gasteiger partial charge in [0.25, 0.3) is 0 Å². The van der Waals surface area contributed by atoms with E-state index < -0.39 is 6.17 Å². The minimum absolute atomic E-state index is 0.231. The van der Waals surface area contributed by atoms with Crippen LogP contribution >= 0.6 is 0 Å². The van der Waals surface area contributed by atoms with Crippen molar-refractivity contribution >= 4 is 55.5 Å². The second-order valence-corrected chi connectivity index (χ2v) is 14.6. The van der Waals surface area contributed by atoms with Gasteiger partial charge in [0, 0.05) is 43.7 Å². The first-order valence-corrected chi connectivity index (χ1v) is 17.3. The molecule has 0 amide bonds. The molecule has 242 valence electrons. The third-order valence-electron chi connectivity index (χ3n) is 11.5. The highest BCUT2D eigenvalue weighted by Crippen LogP contribution is 2.56. The summed E-state index contributed by atoms with van der Waals surface area (Å²) in [5.41, 5.74) is 11.2. The van der Waals surface area contributed by atoms with Gasteiger partial charge in [-0.15, -0.1) is 0 Å². The summed E-state index contributed by atoms with van der Waals surface area (Å²) in [5, 5.41) is 8.05. The molecule has 0 fully saturated rings. The summed E-state index contributed by atoms with van der Waals surface area (Å²) in [5.74, 6) is 1.57. The van der Waals surface area contributed by atoms with E-state index in [-0.39, 0.29) is 10.8 Å². The summed E-state index contributed by atoms with van der Waals surface area (Å²) in [6.07, 6.45) is -0.446. The number of benzene rings is 6. The van der Waals surface area contributed by atoms with Crippen molar-refractivity contribution in [2.45, 2.75) is 44.7 Å². The van der Waals surface area contributed by atoms with Crippen molar-refractivity contribution in [3.63, 3.8) is 0 Å². The molecule has 50 heavy (non-hydrogen) atoms. The van der Waals surface area contributed by atoms with Crippen LogP contribution in [0.25, 0.3) is 55.0 Å². The molecule has 0 saturated carbocycles. The van der Waals surface area contributed by atoms with Crippen LogP contribution in [0.5, 0.6) is 0 Å². The van der Waals surface area contributed by atoms with Gasteiger partial charge in [-0.3, -0.25) is 0 Å². The maximum atomic E-state index is 6.62. The van der Waals surface area contributed by atoms with Crippen LogP contribution in [-0.2, 0) is 10.8 Å². The van der Waals surface area contributed by atoms with E-state index >= 15 is 0 Å². The van der Waals surface area contributed by atoms with E-state index in [0.717, 1.165) is 66.9 Å². The van der Waals surface area contributed by atoms with E-state index in [2.05, 4.69) is 112 Å². The molecule has 5 heteroatoms. The van der Waals surface area contributed by atoms with Crippen molar-refractivity contribution in [1.29, 1.82) is 0 Å². The Labute approximate surface area is 290 Å². The predicted molar refractivity (Wildman–Crippen MR) is 204 cm³/mol. The largest absolute Gasteiger partial charge is 0.456 e. The first-order valence-electron chi connectivity index (χ1n) is 17.3. The molecular formula is C45H35N3O2. The van der Waals surface area contributed by atoms with Crippen molar-refractivity contribution in [1.82, 2.24) is 5.32 Å². The minimum atomic E-state index is -0.446. The van der Waals surface area contributed by atoms with Crippen molar-refractivity contribution in [3.05, 3.63) is 155 Å². The van der Waals surface area contributed by atoms with Crippen LogP contribution in [0.3, 0.4) is 0 Å². The zero-order valence-electron chi connectivity index (χ0n) is 28.4. The van der Waals surface area contributed by atoms with Gasteiger partial charge in [0.1, 0.15) is 34.0 Å². The highest BCUT2D eigenvalue weighted by Gasteiger charge is 2.48. The summed E-state index contributed by atoms with van der Waals surface area (Å²) >= 11 is 0. The molecule has 5 nitrogen and oxygen atoms in total. The Kier molecular flexibility index (Phi) is 5.97. The van der Waals surface area contributed by atoms with Crippen molar-refractivity contribution in [2.24, 2.45) is 9.98 Å². The number of para-hydroxylation sites is 2. The lowest BCUT2D eigenvalue weighted by atomic mass is 9.55. The molecule has 1 unspecified atom stereocenters. The standard InChI is InChI=1S/C45H35N3O2/c1-44(2)34-25-27(21-22-28(34)30-23-24-31-29-15-8-10-18-35(29)50-40(31)39(30)45(44,3)4)42-46-41(26-13-6-5-7-14-26)47-43(48-42)33-17-12-20-37-38(33)32-16-9-11-19-36(32)49-37/h5-25,42H,1-4H3,(H,46,47,48). The minimum Gasteiger partial charge on any atom is -0.456 e. The summed E-state index contributed by atoms with van der Waals surface area (Å²) in [4.78, 5) is 10.6. The van der Waals surface area contributed by atoms with E-state index in [4.69, 9.17) is 18.8 Å². The number of fused-ring (bicyclic) bond motifs is 10. The van der Waals surface area contributed by atoms with Gasteiger partial charge < -0.3 is 14.2 Å². The van der Waals surface area contributed by atoms with E-state index in [1.54, 1.807) is 0 Å². The SMILES string of the molecule is CC1(C)c2cc(C3N=C(c4ccccc4)NC(c4cccc5oc6ccccc6c45)=N3)ccc2-c2ccc3c(oc4ccccc43)c2C1(C)C. The third-order valence-corrected chi connectivity index (χ3v) is 11.5. The molecule has 2 aliphatic rings. The van der Waals surface area contributed by atoms with Gasteiger partial charge in [0.15, 0.2) is 6.17 Å². The molecule has 0 radical (unpaired) electrons. The summed E-state index contributed by atoms with van der Waals surface area (Å²) in [6, 6.07) is 44.4. The Balaban J connectivity index is 1.17. The van der Waals surface area contributed by atoms with Gasteiger partial charge in [-0.25, -0.2) is 9.98 Å². The zero-order chi connectivity index (χ0) is 33.8. The average Bonchev–Trinajstić information content (AvgIpc) is 3.72. The monoisotopic (exact) mass is 649 g/mol. The topological polar surface area (TPSA) is 63.0 Å². The molecular weight excluding hydrogens is 615 g/mol. The van der Waals surface area contributed by atoms with Gasteiger partial charge in [-0.2, -0.15) is 0 Å². The number of nitrogens with one attached hydrogen (secondary N) is 1. The Morgan fingerprint density at radius 2 is 1.22 bits per heavy atom. The zero-order valence-corrected chi connectivity index (χ0v) is 28.4. The highest BCUT2D eigenvalue weighted by molar-refractivity contribution is 6.23. The number of aliphatic imine (C=N–C) groups is 2. The second kappa shape index (κ2) is 10.3. The molecule has 0 bridgehead atoms. The van der Waals surface area contributed by atoms with Gasteiger partial charge in [-0.05, 0) is 51.9 Å². The first-order chi connectivity index (χ1) is 24.3. The molecule has 2 aromatic heterocycles. The maximum absolute atomic E-state index is 6.62. The third kappa shape index (κ3) is 4.01. The average molecular weight is 650 g/mol. The van der Waals surface area contributed by atoms with Gasteiger partial charge in [0.2, 0.25) is 0 Å². The lowest BCUT2D eigenvalue weighted by Gasteiger charge is -2.48. The lowest BCUT2D eigenvalue weighted by Crippen LogP contribution is -2.43. The van der Waals surface area contributed by atoms with E-state index in [1.807, 2.05) is 48.5 Å². The Bertz CT molecular complexity index is 2740. The summed E-state index contributed by atoms with van der Waals surface area (Å²) < 4.78 is 12.9. The lowest BCUT2D eigenvalue weighted by molar-refractivity contribution is 0.298. The predicted octanol–water partition coefficient (Wildman–Crippen LogP) is 11.2.